The van der Waals surface area contributed by atoms with Gasteiger partial charge in [-0.3, -0.25) is 0 Å². The fraction of sp³-hybridized carbons (Fsp3) is 0.0526. The van der Waals surface area contributed by atoms with E-state index in [1.54, 1.807) is 0 Å². The SMILES string of the molecule is Cc1ccc(-c2ccc3oc4ccc(I)cc4c3c2)cc1. The highest BCUT2D eigenvalue weighted by atomic mass is 127. The van der Waals surface area contributed by atoms with E-state index in [9.17, 15) is 0 Å². The van der Waals surface area contributed by atoms with Crippen LogP contribution in [0, 0.1) is 10.5 Å². The van der Waals surface area contributed by atoms with Crippen LogP contribution in [-0.4, -0.2) is 0 Å². The molecule has 1 heterocycles. The molecule has 4 rings (SSSR count). The fourth-order valence-corrected chi connectivity index (χ4v) is 3.17. The largest absolute Gasteiger partial charge is 0.456 e. The van der Waals surface area contributed by atoms with Gasteiger partial charge in [0, 0.05) is 14.3 Å². The predicted octanol–water partition coefficient (Wildman–Crippen LogP) is 6.17. The smallest absolute Gasteiger partial charge is 0.135 e. The zero-order valence-electron chi connectivity index (χ0n) is 11.6. The van der Waals surface area contributed by atoms with Crippen molar-refractivity contribution >= 4 is 44.5 Å². The molecule has 3 aromatic carbocycles. The van der Waals surface area contributed by atoms with Crippen molar-refractivity contribution in [3.63, 3.8) is 0 Å². The first-order valence-electron chi connectivity index (χ1n) is 6.89. The summed E-state index contributed by atoms with van der Waals surface area (Å²) in [6.07, 6.45) is 0. The molecule has 0 unspecified atom stereocenters. The van der Waals surface area contributed by atoms with Gasteiger partial charge in [-0.25, -0.2) is 0 Å². The molecule has 0 aliphatic heterocycles. The van der Waals surface area contributed by atoms with E-state index in [0.29, 0.717) is 0 Å². The number of furan rings is 1. The van der Waals surface area contributed by atoms with Crippen LogP contribution in [0.1, 0.15) is 5.56 Å². The van der Waals surface area contributed by atoms with Crippen molar-refractivity contribution in [2.45, 2.75) is 6.92 Å². The van der Waals surface area contributed by atoms with E-state index in [1.807, 2.05) is 6.07 Å². The third-order valence-corrected chi connectivity index (χ3v) is 4.49. The molecular formula is C19H13IO. The van der Waals surface area contributed by atoms with Crippen molar-refractivity contribution in [3.05, 3.63) is 69.8 Å². The van der Waals surface area contributed by atoms with Crippen LogP contribution in [0.3, 0.4) is 0 Å². The van der Waals surface area contributed by atoms with Gasteiger partial charge in [-0.15, -0.1) is 0 Å². The lowest BCUT2D eigenvalue weighted by atomic mass is 10.0. The predicted molar refractivity (Wildman–Crippen MR) is 96.6 cm³/mol. The van der Waals surface area contributed by atoms with E-state index < -0.39 is 0 Å². The number of hydrogen-bond donors (Lipinski definition) is 0. The highest BCUT2D eigenvalue weighted by Crippen LogP contribution is 2.33. The monoisotopic (exact) mass is 384 g/mol. The summed E-state index contributed by atoms with van der Waals surface area (Å²) in [5.74, 6) is 0. The molecule has 0 amide bonds. The van der Waals surface area contributed by atoms with Gasteiger partial charge < -0.3 is 4.42 Å². The molecule has 1 nitrogen and oxygen atoms in total. The van der Waals surface area contributed by atoms with Crippen LogP contribution in [0.25, 0.3) is 33.1 Å². The lowest BCUT2D eigenvalue weighted by molar-refractivity contribution is 0.669. The van der Waals surface area contributed by atoms with Gasteiger partial charge in [0.1, 0.15) is 11.2 Å². The van der Waals surface area contributed by atoms with E-state index in [0.717, 1.165) is 11.2 Å². The fourth-order valence-electron chi connectivity index (χ4n) is 2.68. The van der Waals surface area contributed by atoms with Gasteiger partial charge in [0.15, 0.2) is 0 Å². The molecule has 0 atom stereocenters. The summed E-state index contributed by atoms with van der Waals surface area (Å²) in [4.78, 5) is 0. The van der Waals surface area contributed by atoms with Gasteiger partial charge in [-0.2, -0.15) is 0 Å². The minimum atomic E-state index is 0.947. The summed E-state index contributed by atoms with van der Waals surface area (Å²) < 4.78 is 7.14. The normalized spacial score (nSPS) is 11.3. The van der Waals surface area contributed by atoms with Crippen LogP contribution in [0.4, 0.5) is 0 Å². The number of fused-ring (bicyclic) bond motifs is 3. The summed E-state index contributed by atoms with van der Waals surface area (Å²) in [6.45, 7) is 2.11. The van der Waals surface area contributed by atoms with Crippen molar-refractivity contribution in [2.24, 2.45) is 0 Å². The van der Waals surface area contributed by atoms with Crippen LogP contribution >= 0.6 is 22.6 Å². The molecule has 0 saturated heterocycles. The first-order valence-corrected chi connectivity index (χ1v) is 7.97. The Morgan fingerprint density at radius 3 is 2.10 bits per heavy atom. The van der Waals surface area contributed by atoms with Gasteiger partial charge >= 0.3 is 0 Å². The van der Waals surface area contributed by atoms with E-state index in [-0.39, 0.29) is 0 Å². The van der Waals surface area contributed by atoms with E-state index >= 15 is 0 Å². The van der Waals surface area contributed by atoms with E-state index in [1.165, 1.54) is 31.0 Å². The Balaban J connectivity index is 1.98. The molecule has 4 aromatic rings. The topological polar surface area (TPSA) is 13.1 Å². The summed E-state index contributed by atoms with van der Waals surface area (Å²) in [6, 6.07) is 21.4. The van der Waals surface area contributed by atoms with Crippen LogP contribution in [0.5, 0.6) is 0 Å². The van der Waals surface area contributed by atoms with E-state index in [4.69, 9.17) is 4.42 Å². The molecule has 0 aliphatic carbocycles. The lowest BCUT2D eigenvalue weighted by Gasteiger charge is -2.02. The summed E-state index contributed by atoms with van der Waals surface area (Å²) in [5, 5.41) is 2.37. The maximum absolute atomic E-state index is 5.91. The molecule has 0 bridgehead atoms. The van der Waals surface area contributed by atoms with Crippen molar-refractivity contribution in [1.29, 1.82) is 0 Å². The average molecular weight is 384 g/mol. The Hall–Kier alpha value is -1.81. The maximum atomic E-state index is 5.91. The number of aryl methyl sites for hydroxylation is 1. The highest BCUT2D eigenvalue weighted by Gasteiger charge is 2.08. The molecule has 102 valence electrons. The van der Waals surface area contributed by atoms with Gasteiger partial charge in [-0.05, 0) is 71.0 Å². The second kappa shape index (κ2) is 4.88. The number of hydrogen-bond acceptors (Lipinski definition) is 1. The summed E-state index contributed by atoms with van der Waals surface area (Å²) in [7, 11) is 0. The molecule has 0 saturated carbocycles. The van der Waals surface area contributed by atoms with Gasteiger partial charge in [0.2, 0.25) is 0 Å². The quantitative estimate of drug-likeness (QED) is 0.358. The maximum Gasteiger partial charge on any atom is 0.135 e. The highest BCUT2D eigenvalue weighted by molar-refractivity contribution is 14.1. The first kappa shape index (κ1) is 12.9. The molecule has 0 aliphatic rings. The van der Waals surface area contributed by atoms with Crippen molar-refractivity contribution < 1.29 is 4.42 Å². The minimum absolute atomic E-state index is 0.947. The minimum Gasteiger partial charge on any atom is -0.456 e. The van der Waals surface area contributed by atoms with Gasteiger partial charge in [0.05, 0.1) is 0 Å². The zero-order chi connectivity index (χ0) is 14.4. The lowest BCUT2D eigenvalue weighted by Crippen LogP contribution is -1.78. The Morgan fingerprint density at radius 1 is 0.714 bits per heavy atom. The Bertz CT molecular complexity index is 949. The first-order chi connectivity index (χ1) is 10.2. The van der Waals surface area contributed by atoms with Crippen LogP contribution in [0.2, 0.25) is 0 Å². The van der Waals surface area contributed by atoms with Gasteiger partial charge in [-0.1, -0.05) is 35.9 Å². The molecule has 0 spiro atoms. The third kappa shape index (κ3) is 2.23. The Labute approximate surface area is 136 Å². The number of halogens is 1. The van der Waals surface area contributed by atoms with Crippen molar-refractivity contribution in [2.75, 3.05) is 0 Å². The van der Waals surface area contributed by atoms with Crippen LogP contribution in [-0.2, 0) is 0 Å². The Morgan fingerprint density at radius 2 is 1.33 bits per heavy atom. The number of benzene rings is 3. The average Bonchev–Trinajstić information content (AvgIpc) is 2.85. The molecule has 0 N–H and O–H groups in total. The van der Waals surface area contributed by atoms with Crippen molar-refractivity contribution in [1.82, 2.24) is 0 Å². The van der Waals surface area contributed by atoms with Crippen LogP contribution in [0.15, 0.2) is 65.1 Å². The molecule has 1 aromatic heterocycles. The Kier molecular flexibility index (Phi) is 3.00. The summed E-state index contributed by atoms with van der Waals surface area (Å²) >= 11 is 2.34. The summed E-state index contributed by atoms with van der Waals surface area (Å²) in [5.41, 5.74) is 5.64. The standard InChI is InChI=1S/C19H13IO/c1-12-2-4-13(5-3-12)14-6-8-18-16(10-14)17-11-15(20)7-9-19(17)21-18/h2-11H,1H3. The second-order valence-electron chi connectivity index (χ2n) is 5.32. The van der Waals surface area contributed by atoms with Crippen LogP contribution < -0.4 is 0 Å². The molecule has 2 heteroatoms. The molecule has 0 radical (unpaired) electrons. The van der Waals surface area contributed by atoms with E-state index in [2.05, 4.69) is 84.1 Å². The molecule has 0 fully saturated rings. The number of rotatable bonds is 1. The second-order valence-corrected chi connectivity index (χ2v) is 6.57. The zero-order valence-corrected chi connectivity index (χ0v) is 13.7. The third-order valence-electron chi connectivity index (χ3n) is 3.82. The van der Waals surface area contributed by atoms with Crippen molar-refractivity contribution in [3.8, 4) is 11.1 Å². The molecule has 21 heavy (non-hydrogen) atoms. The molecular weight excluding hydrogens is 371 g/mol. The van der Waals surface area contributed by atoms with Gasteiger partial charge in [0.25, 0.3) is 0 Å².